The smallest absolute Gasteiger partial charge is 0.0263 e. The van der Waals surface area contributed by atoms with Crippen LogP contribution in [0.25, 0.3) is 6.08 Å². The summed E-state index contributed by atoms with van der Waals surface area (Å²) in [6.45, 7) is 11.2. The molecule has 0 amide bonds. The van der Waals surface area contributed by atoms with Crippen molar-refractivity contribution >= 4 is 6.08 Å². The van der Waals surface area contributed by atoms with E-state index in [1.165, 1.54) is 5.56 Å². The summed E-state index contributed by atoms with van der Waals surface area (Å²) < 4.78 is 0. The molecule has 1 aromatic rings. The average Bonchev–Trinajstić information content (AvgIpc) is 2.20. The molecule has 0 fully saturated rings. The molecule has 0 nitrogen and oxygen atoms in total. The normalized spacial score (nSPS) is 9.00. The molecule has 0 bridgehead atoms. The van der Waals surface area contributed by atoms with Gasteiger partial charge in [0.2, 0.25) is 0 Å². The van der Waals surface area contributed by atoms with E-state index in [-0.39, 0.29) is 0 Å². The lowest BCUT2D eigenvalue weighted by molar-refractivity contribution is 1.54. The molecule has 1 rings (SSSR count). The Morgan fingerprint density at radius 2 is 1.79 bits per heavy atom. The average molecular weight is 186 g/mol. The van der Waals surface area contributed by atoms with Gasteiger partial charge in [-0.3, -0.25) is 0 Å². The van der Waals surface area contributed by atoms with Gasteiger partial charge in [0.25, 0.3) is 0 Å². The van der Waals surface area contributed by atoms with E-state index in [1.54, 1.807) is 0 Å². The Hall–Kier alpha value is -1.56. The van der Waals surface area contributed by atoms with Crippen molar-refractivity contribution < 1.29 is 0 Å². The first kappa shape index (κ1) is 12.4. The summed E-state index contributed by atoms with van der Waals surface area (Å²) in [4.78, 5) is 0. The second-order valence-electron chi connectivity index (χ2n) is 2.96. The molecule has 14 heavy (non-hydrogen) atoms. The van der Waals surface area contributed by atoms with Crippen LogP contribution in [0.15, 0.2) is 61.2 Å². The monoisotopic (exact) mass is 186 g/mol. The molecule has 1 aromatic carbocycles. The van der Waals surface area contributed by atoms with E-state index in [0.29, 0.717) is 0 Å². The number of hydrogen-bond acceptors (Lipinski definition) is 0. The molecule has 0 saturated heterocycles. The second kappa shape index (κ2) is 8.06. The maximum absolute atomic E-state index is 3.66. The third-order valence-corrected chi connectivity index (χ3v) is 1.49. The van der Waals surface area contributed by atoms with E-state index in [1.807, 2.05) is 62.4 Å². The third kappa shape index (κ3) is 7.11. The lowest BCUT2D eigenvalue weighted by atomic mass is 10.2. The zero-order valence-corrected chi connectivity index (χ0v) is 9.03. The fourth-order valence-corrected chi connectivity index (χ4v) is 0.874. The zero-order chi connectivity index (χ0) is 10.8. The van der Waals surface area contributed by atoms with Crippen LogP contribution in [-0.4, -0.2) is 0 Å². The predicted octanol–water partition coefficient (Wildman–Crippen LogP) is 4.47. The molecule has 0 heteroatoms. The number of rotatable bonds is 2. The van der Waals surface area contributed by atoms with Crippen molar-refractivity contribution in [1.82, 2.24) is 0 Å². The van der Waals surface area contributed by atoms with Crippen LogP contribution >= 0.6 is 0 Å². The van der Waals surface area contributed by atoms with Crippen molar-refractivity contribution in [2.75, 3.05) is 0 Å². The fourth-order valence-electron chi connectivity index (χ4n) is 0.874. The van der Waals surface area contributed by atoms with E-state index >= 15 is 0 Å². The minimum absolute atomic E-state index is 1.11. The van der Waals surface area contributed by atoms with Gasteiger partial charge in [-0.25, -0.2) is 0 Å². The van der Waals surface area contributed by atoms with Gasteiger partial charge in [-0.15, -0.1) is 0 Å². The Labute approximate surface area is 87.3 Å². The van der Waals surface area contributed by atoms with Gasteiger partial charge < -0.3 is 0 Å². The third-order valence-electron chi connectivity index (χ3n) is 1.49. The van der Waals surface area contributed by atoms with Crippen LogP contribution in [0.3, 0.4) is 0 Å². The Morgan fingerprint density at radius 1 is 1.21 bits per heavy atom. The van der Waals surface area contributed by atoms with E-state index in [4.69, 9.17) is 0 Å². The van der Waals surface area contributed by atoms with Gasteiger partial charge in [-0.2, -0.15) is 0 Å². The van der Waals surface area contributed by atoms with Gasteiger partial charge in [-0.1, -0.05) is 67.3 Å². The molecule has 0 spiro atoms. The van der Waals surface area contributed by atoms with Crippen molar-refractivity contribution in [1.29, 1.82) is 0 Å². The number of hydrogen-bond donors (Lipinski definition) is 0. The Balaban J connectivity index is 0.000000255. The van der Waals surface area contributed by atoms with Crippen molar-refractivity contribution in [3.8, 4) is 0 Å². The van der Waals surface area contributed by atoms with Gasteiger partial charge in [0, 0.05) is 0 Å². The van der Waals surface area contributed by atoms with Crippen molar-refractivity contribution in [2.24, 2.45) is 0 Å². The van der Waals surface area contributed by atoms with E-state index in [2.05, 4.69) is 13.2 Å². The first-order valence-electron chi connectivity index (χ1n) is 4.66. The summed E-state index contributed by atoms with van der Waals surface area (Å²) in [7, 11) is 0. The van der Waals surface area contributed by atoms with Gasteiger partial charge in [0.1, 0.15) is 0 Å². The molecule has 0 unspecified atom stereocenters. The molecule has 0 aliphatic heterocycles. The fraction of sp³-hybridized carbons (Fsp3) is 0.143. The number of allylic oxidation sites excluding steroid dienone is 3. The van der Waals surface area contributed by atoms with Crippen LogP contribution in [0.5, 0.6) is 0 Å². The lowest BCUT2D eigenvalue weighted by Gasteiger charge is -1.85. The van der Waals surface area contributed by atoms with Crippen LogP contribution in [0.1, 0.15) is 19.4 Å². The highest BCUT2D eigenvalue weighted by Gasteiger charge is 1.75. The largest absolute Gasteiger partial charge is 0.0985 e. The van der Waals surface area contributed by atoms with E-state index in [0.717, 1.165) is 5.57 Å². The quantitative estimate of drug-likeness (QED) is 0.598. The molecule has 0 saturated carbocycles. The second-order valence-corrected chi connectivity index (χ2v) is 2.96. The summed E-state index contributed by atoms with van der Waals surface area (Å²) in [6.07, 6.45) is 5.78. The molecule has 0 radical (unpaired) electrons. The molecular weight excluding hydrogens is 168 g/mol. The van der Waals surface area contributed by atoms with Crippen molar-refractivity contribution in [2.45, 2.75) is 13.8 Å². The highest BCUT2D eigenvalue weighted by Crippen LogP contribution is 1.97. The van der Waals surface area contributed by atoms with Gasteiger partial charge in [0.05, 0.1) is 0 Å². The summed E-state index contributed by atoms with van der Waals surface area (Å²) in [5, 5.41) is 0. The Morgan fingerprint density at radius 3 is 2.00 bits per heavy atom. The Bertz CT molecular complexity index is 291. The van der Waals surface area contributed by atoms with Crippen LogP contribution in [-0.2, 0) is 0 Å². The maximum Gasteiger partial charge on any atom is -0.0263 e. The topological polar surface area (TPSA) is 0 Å². The highest BCUT2D eigenvalue weighted by atomic mass is 13.8. The minimum Gasteiger partial charge on any atom is -0.0985 e. The zero-order valence-electron chi connectivity index (χ0n) is 9.03. The van der Waals surface area contributed by atoms with Crippen LogP contribution in [0.2, 0.25) is 0 Å². The first-order valence-corrected chi connectivity index (χ1v) is 4.66. The standard InChI is InChI=1S/C8H8.C6H10/c1-2-8-6-4-3-5-7-8;1-4-5-6(2)3/h2-7H,1H2;4-5H,2H2,1,3H3/b;5-4+. The summed E-state index contributed by atoms with van der Waals surface area (Å²) >= 11 is 0. The van der Waals surface area contributed by atoms with Gasteiger partial charge in [0.15, 0.2) is 0 Å². The lowest BCUT2D eigenvalue weighted by Crippen LogP contribution is -1.63. The first-order chi connectivity index (χ1) is 6.70. The van der Waals surface area contributed by atoms with E-state index < -0.39 is 0 Å². The SMILES string of the molecule is C=C(C)/C=C/C.C=Cc1ccccc1. The maximum atomic E-state index is 3.66. The molecule has 0 atom stereocenters. The minimum atomic E-state index is 1.11. The predicted molar refractivity (Wildman–Crippen MR) is 66.2 cm³/mol. The molecule has 74 valence electrons. The van der Waals surface area contributed by atoms with Crippen molar-refractivity contribution in [3.05, 3.63) is 66.8 Å². The van der Waals surface area contributed by atoms with Crippen LogP contribution < -0.4 is 0 Å². The molecule has 0 heterocycles. The van der Waals surface area contributed by atoms with Crippen molar-refractivity contribution in [3.63, 3.8) is 0 Å². The van der Waals surface area contributed by atoms with Gasteiger partial charge >= 0.3 is 0 Å². The molecule has 0 aliphatic carbocycles. The highest BCUT2D eigenvalue weighted by molar-refractivity contribution is 5.45. The molecular formula is C14H18. The molecule has 0 aliphatic rings. The summed E-state index contributed by atoms with van der Waals surface area (Å²) in [5.74, 6) is 0. The van der Waals surface area contributed by atoms with Crippen LogP contribution in [0, 0.1) is 0 Å². The summed E-state index contributed by atoms with van der Waals surface area (Å²) in [6, 6.07) is 10.0. The molecule has 0 N–H and O–H groups in total. The Kier molecular flexibility index (Phi) is 7.16. The summed E-state index contributed by atoms with van der Waals surface area (Å²) in [5.41, 5.74) is 2.28. The van der Waals surface area contributed by atoms with Crippen LogP contribution in [0.4, 0.5) is 0 Å². The molecule has 0 aromatic heterocycles. The number of benzene rings is 1. The van der Waals surface area contributed by atoms with Gasteiger partial charge in [-0.05, 0) is 19.4 Å². The van der Waals surface area contributed by atoms with E-state index in [9.17, 15) is 0 Å².